The highest BCUT2D eigenvalue weighted by Gasteiger charge is 2.34. The van der Waals surface area contributed by atoms with Gasteiger partial charge in [0.1, 0.15) is 22.0 Å². The summed E-state index contributed by atoms with van der Waals surface area (Å²) < 4.78 is 33.8. The van der Waals surface area contributed by atoms with Gasteiger partial charge < -0.3 is 21.7 Å². The lowest BCUT2D eigenvalue weighted by molar-refractivity contribution is -0.385. The number of nitro benzene ring substituents is 2. The molecule has 0 atom stereocenters. The lowest BCUT2D eigenvalue weighted by Gasteiger charge is -2.19. The van der Waals surface area contributed by atoms with Crippen LogP contribution in [0.25, 0.3) is 21.5 Å². The van der Waals surface area contributed by atoms with E-state index < -0.39 is 53.6 Å². The molecule has 7 N–H and O–H groups in total. The fourth-order valence-corrected chi connectivity index (χ4v) is 8.43. The van der Waals surface area contributed by atoms with Crippen molar-refractivity contribution in [2.75, 3.05) is 11.5 Å². The Labute approximate surface area is 397 Å². The second kappa shape index (κ2) is 17.9. The van der Waals surface area contributed by atoms with E-state index in [-0.39, 0.29) is 89.7 Å². The van der Waals surface area contributed by atoms with E-state index in [9.17, 15) is 53.0 Å². The van der Waals surface area contributed by atoms with Gasteiger partial charge in [-0.25, -0.2) is 0 Å². The van der Waals surface area contributed by atoms with E-state index in [0.717, 1.165) is 12.1 Å². The molecule has 0 spiro atoms. The monoisotopic (exact) mass is 970 g/mol. The first kappa shape index (κ1) is 46.1. The molecule has 0 saturated carbocycles. The van der Waals surface area contributed by atoms with Crippen LogP contribution in [0.1, 0.15) is 37.4 Å². The summed E-state index contributed by atoms with van der Waals surface area (Å²) in [6, 6.07) is 27.3. The van der Waals surface area contributed by atoms with Crippen molar-refractivity contribution in [3.05, 3.63) is 169 Å². The Morgan fingerprint density at radius 3 is 1.59 bits per heavy atom. The molecule has 8 aromatic carbocycles. The van der Waals surface area contributed by atoms with Gasteiger partial charge in [-0.2, -0.15) is 13.5 Å². The third-order valence-corrected chi connectivity index (χ3v) is 12.1. The molecular weight excluding hydrogens is 941 g/mol. The molecule has 350 valence electrons. The quantitative estimate of drug-likeness (QED) is 0.0265. The van der Waals surface area contributed by atoms with E-state index in [2.05, 4.69) is 40.9 Å². The topological polar surface area (TPSA) is 366 Å². The van der Waals surface area contributed by atoms with Crippen molar-refractivity contribution >= 4 is 111 Å². The first-order chi connectivity index (χ1) is 33.9. The zero-order valence-electron chi connectivity index (χ0n) is 36.2. The van der Waals surface area contributed by atoms with Crippen LogP contribution in [0.4, 0.5) is 68.2 Å². The first-order valence-corrected chi connectivity index (χ1v) is 22.0. The van der Waals surface area contributed by atoms with Gasteiger partial charge in [-0.05, 0) is 85.3 Å². The number of anilines is 2. The molecule has 1 aliphatic rings. The number of phenolic OH excluding ortho intramolecular Hbond substituents is 2. The number of non-ortho nitro benzene ring substituents is 2. The number of hydrogen-bond acceptors (Lipinski definition) is 20. The minimum absolute atomic E-state index is 0.0106. The van der Waals surface area contributed by atoms with E-state index in [1.54, 1.807) is 19.1 Å². The molecule has 0 unspecified atom stereocenters. The van der Waals surface area contributed by atoms with Crippen LogP contribution in [0.3, 0.4) is 0 Å². The number of phenols is 2. The van der Waals surface area contributed by atoms with Gasteiger partial charge in [0, 0.05) is 57.5 Å². The molecule has 0 aromatic heterocycles. The fourth-order valence-electron chi connectivity index (χ4n) is 7.78. The van der Waals surface area contributed by atoms with Crippen LogP contribution in [0, 0.1) is 27.2 Å². The Morgan fingerprint density at radius 2 is 1.00 bits per heavy atom. The molecule has 71 heavy (non-hydrogen) atoms. The summed E-state index contributed by atoms with van der Waals surface area (Å²) in [6.45, 7) is 1.58. The van der Waals surface area contributed by atoms with Crippen molar-refractivity contribution in [3.63, 3.8) is 0 Å². The summed E-state index contributed by atoms with van der Waals surface area (Å²) in [5, 5.41) is 79.6. The van der Waals surface area contributed by atoms with Crippen LogP contribution in [0.5, 0.6) is 11.5 Å². The largest absolute Gasteiger partial charge is 0.505 e. The number of hydrogen-bond donors (Lipinski definition) is 5. The zero-order chi connectivity index (χ0) is 50.5. The maximum atomic E-state index is 14.3. The smallest absolute Gasteiger partial charge is 0.297 e. The molecular formula is C47H30N12O11S. The third kappa shape index (κ3) is 8.49. The number of nitrogen functional groups attached to an aromatic ring is 2. The van der Waals surface area contributed by atoms with Crippen molar-refractivity contribution in [2.45, 2.75) is 11.8 Å². The Balaban J connectivity index is 1.01. The Morgan fingerprint density at radius 1 is 0.521 bits per heavy atom. The number of fused-ring (bicyclic) bond motifs is 4. The molecule has 0 fully saturated rings. The molecule has 1 aliphatic carbocycles. The fraction of sp³-hybridized carbons (Fsp3) is 0.0213. The van der Waals surface area contributed by atoms with Gasteiger partial charge in [-0.15, -0.1) is 35.8 Å². The van der Waals surface area contributed by atoms with E-state index >= 15 is 0 Å². The summed E-state index contributed by atoms with van der Waals surface area (Å²) in [4.78, 5) is 48.5. The highest BCUT2D eigenvalue weighted by molar-refractivity contribution is 7.86. The molecule has 0 bridgehead atoms. The average molecular weight is 971 g/mol. The number of nitro groups is 2. The van der Waals surface area contributed by atoms with E-state index in [4.69, 9.17) is 11.5 Å². The van der Waals surface area contributed by atoms with Crippen LogP contribution in [-0.2, 0) is 10.1 Å². The Kier molecular flexibility index (Phi) is 11.6. The molecule has 24 heteroatoms. The average Bonchev–Trinajstić information content (AvgIpc) is 3.34. The molecule has 9 rings (SSSR count). The van der Waals surface area contributed by atoms with Crippen molar-refractivity contribution in [2.24, 2.45) is 40.9 Å². The molecule has 8 aromatic rings. The molecule has 0 amide bonds. The number of carbonyl (C=O) groups excluding carboxylic acids is 2. The summed E-state index contributed by atoms with van der Waals surface area (Å²) >= 11 is 0. The van der Waals surface area contributed by atoms with Crippen molar-refractivity contribution < 1.29 is 42.6 Å². The summed E-state index contributed by atoms with van der Waals surface area (Å²) in [5.74, 6) is -2.00. The van der Waals surface area contributed by atoms with Gasteiger partial charge in [0.2, 0.25) is 0 Å². The van der Waals surface area contributed by atoms with Gasteiger partial charge in [0.25, 0.3) is 21.5 Å². The number of carbonyl (C=O) groups is 2. The van der Waals surface area contributed by atoms with E-state index in [0.29, 0.717) is 28.4 Å². The normalized spacial score (nSPS) is 12.8. The Hall–Kier alpha value is -10.1. The standard InChI is InChI=1S/C47H30N12O11S/c1-22-20-29-33(52-53-34-16-12-25(59(66)67)21-38(34)71(68,69)70)19-15-31(49)40(29)47(63)43(22)57-55-36-7-3-5-28-42(36)45(61)27-4-2-6-35(41(27)44(28)60)54-56-37-17-13-26-32(18-14-30(48)39(26)46(37)62)51-50-23-8-10-24(11-9-23)58(64)65/h2-21,62-63H,48-49H2,1H3,(H,68,69,70). The van der Waals surface area contributed by atoms with Crippen LogP contribution in [-0.4, -0.2) is 44.6 Å². The van der Waals surface area contributed by atoms with Crippen molar-refractivity contribution in [3.8, 4) is 11.5 Å². The molecule has 23 nitrogen and oxygen atoms in total. The number of aromatic hydroxyl groups is 2. The molecule has 0 heterocycles. The van der Waals surface area contributed by atoms with Gasteiger partial charge in [0.05, 0.1) is 60.2 Å². The SMILES string of the molecule is Cc1cc2c(N=Nc3ccc([N+](=O)[O-])cc3S(=O)(=O)O)ccc(N)c2c(O)c1N=Nc1cccc2c1C(=O)c1cccc(N=Nc3ccc4c(N=Nc5ccc([N+](=O)[O-])cc5)ccc(N)c4c3O)c1C2=O. The number of nitrogens with zero attached hydrogens (tertiary/aromatic N) is 10. The van der Waals surface area contributed by atoms with Crippen LogP contribution in [0.15, 0.2) is 167 Å². The second-order valence-electron chi connectivity index (χ2n) is 15.5. The van der Waals surface area contributed by atoms with Crippen LogP contribution in [0.2, 0.25) is 0 Å². The Bertz CT molecular complexity index is 3920. The number of aryl methyl sites for hydroxylation is 1. The van der Waals surface area contributed by atoms with Gasteiger partial charge in [-0.1, -0.05) is 24.3 Å². The highest BCUT2D eigenvalue weighted by atomic mass is 32.2. The number of nitrogens with two attached hydrogens (primary N) is 2. The minimum atomic E-state index is -4.96. The van der Waals surface area contributed by atoms with E-state index in [1.807, 2.05) is 0 Å². The maximum absolute atomic E-state index is 14.3. The van der Waals surface area contributed by atoms with Crippen LogP contribution >= 0.6 is 0 Å². The number of rotatable bonds is 11. The van der Waals surface area contributed by atoms with Gasteiger partial charge in [0.15, 0.2) is 23.1 Å². The minimum Gasteiger partial charge on any atom is -0.505 e. The molecule has 0 aliphatic heterocycles. The van der Waals surface area contributed by atoms with Gasteiger partial charge in [-0.3, -0.25) is 34.4 Å². The number of azo groups is 4. The molecule has 0 saturated heterocycles. The lowest BCUT2D eigenvalue weighted by Crippen LogP contribution is -2.21. The first-order valence-electron chi connectivity index (χ1n) is 20.5. The van der Waals surface area contributed by atoms with E-state index in [1.165, 1.54) is 91.0 Å². The maximum Gasteiger partial charge on any atom is 0.297 e. The number of benzene rings is 8. The summed E-state index contributed by atoms with van der Waals surface area (Å²) in [6.07, 6.45) is 0. The predicted octanol–water partition coefficient (Wildman–Crippen LogP) is 12.4. The second-order valence-corrected chi connectivity index (χ2v) is 16.9. The van der Waals surface area contributed by atoms with Crippen molar-refractivity contribution in [1.82, 2.24) is 0 Å². The van der Waals surface area contributed by atoms with Gasteiger partial charge >= 0.3 is 0 Å². The number of ketones is 2. The van der Waals surface area contributed by atoms with Crippen LogP contribution < -0.4 is 11.5 Å². The molecule has 0 radical (unpaired) electrons. The predicted molar refractivity (Wildman–Crippen MR) is 257 cm³/mol. The summed E-state index contributed by atoms with van der Waals surface area (Å²) in [5.41, 5.74) is 12.4. The lowest BCUT2D eigenvalue weighted by atomic mass is 9.82. The highest BCUT2D eigenvalue weighted by Crippen LogP contribution is 2.47. The zero-order valence-corrected chi connectivity index (χ0v) is 37.0. The third-order valence-electron chi connectivity index (χ3n) is 11.2. The summed E-state index contributed by atoms with van der Waals surface area (Å²) in [7, 11) is -4.96. The van der Waals surface area contributed by atoms with Crippen molar-refractivity contribution in [1.29, 1.82) is 0 Å².